The zero-order valence-electron chi connectivity index (χ0n) is 12.6. The summed E-state index contributed by atoms with van der Waals surface area (Å²) >= 11 is 0. The molecule has 3 atom stereocenters. The third-order valence-corrected chi connectivity index (χ3v) is 4.10. The number of aryl methyl sites for hydroxylation is 1. The van der Waals surface area contributed by atoms with Crippen molar-refractivity contribution >= 4 is 5.91 Å². The second-order valence-electron chi connectivity index (χ2n) is 6.22. The van der Waals surface area contributed by atoms with Gasteiger partial charge >= 0.3 is 0 Å². The average molecular weight is 279 g/mol. The number of rotatable bonds is 7. The maximum Gasteiger partial charge on any atom is 0.220 e. The molecule has 1 fully saturated rings. The summed E-state index contributed by atoms with van der Waals surface area (Å²) < 4.78 is 5.78. The van der Waals surface area contributed by atoms with Crippen LogP contribution in [0.15, 0.2) is 16.5 Å². The van der Waals surface area contributed by atoms with Gasteiger partial charge in [-0.15, -0.1) is 0 Å². The number of hydrogen-bond donors (Lipinski definition) is 2. The van der Waals surface area contributed by atoms with Crippen molar-refractivity contribution in [1.29, 1.82) is 0 Å². The summed E-state index contributed by atoms with van der Waals surface area (Å²) in [5, 5.41) is 12.0. The quantitative estimate of drug-likeness (QED) is 0.806. The molecule has 20 heavy (non-hydrogen) atoms. The van der Waals surface area contributed by atoms with Crippen LogP contribution in [0, 0.1) is 11.8 Å². The molecule has 0 saturated heterocycles. The van der Waals surface area contributed by atoms with Crippen molar-refractivity contribution in [1.82, 2.24) is 5.32 Å². The minimum Gasteiger partial charge on any atom is -0.466 e. The molecule has 1 amide bonds. The highest BCUT2D eigenvalue weighted by Crippen LogP contribution is 2.47. The van der Waals surface area contributed by atoms with E-state index in [1.807, 2.05) is 26.0 Å². The Morgan fingerprint density at radius 3 is 2.75 bits per heavy atom. The molecule has 2 rings (SSSR count). The van der Waals surface area contributed by atoms with Crippen LogP contribution in [0.25, 0.3) is 0 Å². The summed E-state index contributed by atoms with van der Waals surface area (Å²) in [6.07, 6.45) is 2.22. The van der Waals surface area contributed by atoms with Crippen molar-refractivity contribution in [3.63, 3.8) is 0 Å². The van der Waals surface area contributed by atoms with Gasteiger partial charge in [0.1, 0.15) is 11.5 Å². The zero-order valence-corrected chi connectivity index (χ0v) is 12.6. The van der Waals surface area contributed by atoms with Crippen LogP contribution >= 0.6 is 0 Å². The highest BCUT2D eigenvalue weighted by molar-refractivity contribution is 5.76. The molecule has 0 aromatic carbocycles. The molecular formula is C16H25NO3. The van der Waals surface area contributed by atoms with Crippen molar-refractivity contribution < 1.29 is 14.3 Å². The van der Waals surface area contributed by atoms with E-state index in [4.69, 9.17) is 4.42 Å². The Morgan fingerprint density at radius 1 is 1.50 bits per heavy atom. The summed E-state index contributed by atoms with van der Waals surface area (Å²) in [4.78, 5) is 11.8. The first-order valence-electron chi connectivity index (χ1n) is 7.50. The second kappa shape index (κ2) is 6.44. The molecule has 4 heteroatoms. The fraction of sp³-hybridized carbons (Fsp3) is 0.688. The maximum absolute atomic E-state index is 11.8. The Hall–Kier alpha value is -1.29. The number of carbonyl (C=O) groups excluding carboxylic acids is 1. The molecule has 1 heterocycles. The summed E-state index contributed by atoms with van der Waals surface area (Å²) in [5.41, 5.74) is 0. The van der Waals surface area contributed by atoms with Gasteiger partial charge in [0.2, 0.25) is 5.91 Å². The van der Waals surface area contributed by atoms with E-state index >= 15 is 0 Å². The van der Waals surface area contributed by atoms with Gasteiger partial charge in [-0.05, 0) is 30.4 Å². The first-order chi connectivity index (χ1) is 9.51. The van der Waals surface area contributed by atoms with E-state index in [0.29, 0.717) is 18.8 Å². The van der Waals surface area contributed by atoms with Crippen molar-refractivity contribution in [2.75, 3.05) is 6.61 Å². The molecule has 4 nitrogen and oxygen atoms in total. The Kier molecular flexibility index (Phi) is 4.86. The van der Waals surface area contributed by atoms with Gasteiger partial charge in [0.25, 0.3) is 0 Å². The Morgan fingerprint density at radius 2 is 2.20 bits per heavy atom. The molecule has 1 aliphatic carbocycles. The number of amides is 1. The van der Waals surface area contributed by atoms with E-state index < -0.39 is 0 Å². The summed E-state index contributed by atoms with van der Waals surface area (Å²) in [6.45, 7) is 6.17. The molecule has 1 aromatic heterocycles. The third kappa shape index (κ3) is 3.85. The second-order valence-corrected chi connectivity index (χ2v) is 6.22. The molecule has 112 valence electrons. The topological polar surface area (TPSA) is 62.5 Å². The lowest BCUT2D eigenvalue weighted by atomic mass is 10.1. The summed E-state index contributed by atoms with van der Waals surface area (Å²) in [6, 6.07) is 3.84. The number of aliphatic hydroxyl groups is 1. The smallest absolute Gasteiger partial charge is 0.220 e. The normalized spacial score (nSPS) is 22.9. The monoisotopic (exact) mass is 279 g/mol. The van der Waals surface area contributed by atoms with Crippen molar-refractivity contribution in [2.24, 2.45) is 11.8 Å². The number of carbonyl (C=O) groups is 1. The lowest BCUT2D eigenvalue weighted by Gasteiger charge is -2.19. The SMILES string of the molecule is CC(C)C(CO)NC(=O)CCc1ccc(C2CC2C)o1. The Bertz CT molecular complexity index is 452. The van der Waals surface area contributed by atoms with Crippen LogP contribution in [0.5, 0.6) is 0 Å². The highest BCUT2D eigenvalue weighted by Gasteiger charge is 2.36. The lowest BCUT2D eigenvalue weighted by Crippen LogP contribution is -2.41. The Labute approximate surface area is 120 Å². The van der Waals surface area contributed by atoms with E-state index in [2.05, 4.69) is 12.2 Å². The molecular weight excluding hydrogens is 254 g/mol. The number of furan rings is 1. The summed E-state index contributed by atoms with van der Waals surface area (Å²) in [7, 11) is 0. The number of hydrogen-bond acceptors (Lipinski definition) is 3. The molecule has 1 aliphatic rings. The third-order valence-electron chi connectivity index (χ3n) is 4.10. The van der Waals surface area contributed by atoms with Crippen LogP contribution in [-0.4, -0.2) is 23.7 Å². The van der Waals surface area contributed by atoms with Crippen LogP contribution in [0.4, 0.5) is 0 Å². The first-order valence-corrected chi connectivity index (χ1v) is 7.50. The number of nitrogens with one attached hydrogen (secondary N) is 1. The molecule has 2 N–H and O–H groups in total. The molecule has 0 radical (unpaired) electrons. The van der Waals surface area contributed by atoms with Crippen LogP contribution in [-0.2, 0) is 11.2 Å². The van der Waals surface area contributed by atoms with Crippen LogP contribution in [0.1, 0.15) is 51.1 Å². The summed E-state index contributed by atoms with van der Waals surface area (Å²) in [5.74, 6) is 3.44. The van der Waals surface area contributed by atoms with Crippen molar-refractivity contribution in [3.8, 4) is 0 Å². The molecule has 1 saturated carbocycles. The van der Waals surface area contributed by atoms with Crippen molar-refractivity contribution in [3.05, 3.63) is 23.7 Å². The molecule has 0 aliphatic heterocycles. The highest BCUT2D eigenvalue weighted by atomic mass is 16.3. The number of aliphatic hydroxyl groups excluding tert-OH is 1. The maximum atomic E-state index is 11.8. The molecule has 3 unspecified atom stereocenters. The fourth-order valence-electron chi connectivity index (χ4n) is 2.39. The molecule has 0 spiro atoms. The van der Waals surface area contributed by atoms with E-state index in [1.165, 1.54) is 6.42 Å². The van der Waals surface area contributed by atoms with Gasteiger partial charge in [-0.3, -0.25) is 4.79 Å². The minimum atomic E-state index is -0.165. The van der Waals surface area contributed by atoms with Crippen molar-refractivity contribution in [2.45, 2.75) is 52.0 Å². The molecule has 0 bridgehead atoms. The van der Waals surface area contributed by atoms with Crippen LogP contribution in [0.2, 0.25) is 0 Å². The van der Waals surface area contributed by atoms with Crippen LogP contribution in [0.3, 0.4) is 0 Å². The average Bonchev–Trinajstić information content (AvgIpc) is 2.96. The Balaban J connectivity index is 1.77. The van der Waals surface area contributed by atoms with E-state index in [9.17, 15) is 9.90 Å². The van der Waals surface area contributed by atoms with Gasteiger partial charge in [-0.25, -0.2) is 0 Å². The predicted octanol–water partition coefficient (Wildman–Crippen LogP) is 2.47. The van der Waals surface area contributed by atoms with Gasteiger partial charge in [-0.1, -0.05) is 20.8 Å². The van der Waals surface area contributed by atoms with Gasteiger partial charge in [0.05, 0.1) is 12.6 Å². The largest absolute Gasteiger partial charge is 0.466 e. The van der Waals surface area contributed by atoms with E-state index in [-0.39, 0.29) is 24.5 Å². The predicted molar refractivity (Wildman–Crippen MR) is 77.4 cm³/mol. The van der Waals surface area contributed by atoms with Gasteiger partial charge < -0.3 is 14.8 Å². The zero-order chi connectivity index (χ0) is 14.7. The lowest BCUT2D eigenvalue weighted by molar-refractivity contribution is -0.122. The van der Waals surface area contributed by atoms with E-state index in [0.717, 1.165) is 17.4 Å². The first kappa shape index (κ1) is 15.1. The fourth-order valence-corrected chi connectivity index (χ4v) is 2.39. The van der Waals surface area contributed by atoms with Gasteiger partial charge in [0, 0.05) is 18.8 Å². The standard InChI is InChI=1S/C16H25NO3/c1-10(2)14(9-18)17-16(19)7-5-12-4-6-15(20-12)13-8-11(13)3/h4,6,10-11,13-14,18H,5,7-9H2,1-3H3,(H,17,19). The van der Waals surface area contributed by atoms with Crippen LogP contribution < -0.4 is 5.32 Å². The van der Waals surface area contributed by atoms with Gasteiger partial charge in [0.15, 0.2) is 0 Å². The van der Waals surface area contributed by atoms with E-state index in [1.54, 1.807) is 0 Å². The minimum absolute atomic E-state index is 0.0200. The molecule has 1 aromatic rings. The van der Waals surface area contributed by atoms with Gasteiger partial charge in [-0.2, -0.15) is 0 Å².